The molecule has 0 rings (SSSR count). The van der Waals surface area contributed by atoms with Crippen molar-refractivity contribution in [2.24, 2.45) is 4.99 Å². The molecule has 0 spiro atoms. The molecule has 0 aromatic heterocycles. The summed E-state index contributed by atoms with van der Waals surface area (Å²) in [5, 5.41) is 0. The first-order valence-electron chi connectivity index (χ1n) is 4.27. The molecular weight excluding hydrogens is 146 g/mol. The van der Waals surface area contributed by atoms with Crippen LogP contribution in [-0.2, 0) is 0 Å². The van der Waals surface area contributed by atoms with E-state index in [0.717, 1.165) is 6.54 Å². The van der Waals surface area contributed by atoms with E-state index in [1.807, 2.05) is 38.3 Å². The van der Waals surface area contributed by atoms with E-state index in [-0.39, 0.29) is 0 Å². The van der Waals surface area contributed by atoms with Crippen LogP contribution in [0.1, 0.15) is 20.8 Å². The monoisotopic (exact) mass is 163 g/mol. The highest BCUT2D eigenvalue weighted by molar-refractivity contribution is 5.71. The average Bonchev–Trinajstić information content (AvgIpc) is 2.05. The van der Waals surface area contributed by atoms with Gasteiger partial charge in [-0.1, -0.05) is 29.9 Å². The van der Waals surface area contributed by atoms with Gasteiger partial charge >= 0.3 is 0 Å². The summed E-state index contributed by atoms with van der Waals surface area (Å²) in [7, 11) is 0. The van der Waals surface area contributed by atoms with E-state index in [1.54, 1.807) is 0 Å². The Morgan fingerprint density at radius 2 is 2.08 bits per heavy atom. The SMILES string of the molecule is C\C=C/C(C)=C/C=C\C=NCC. The van der Waals surface area contributed by atoms with Gasteiger partial charge in [-0.05, 0) is 26.8 Å². The van der Waals surface area contributed by atoms with Crippen molar-refractivity contribution in [2.75, 3.05) is 6.54 Å². The highest BCUT2D eigenvalue weighted by Gasteiger charge is 1.73. The molecule has 0 fully saturated rings. The van der Waals surface area contributed by atoms with Crippen LogP contribution in [0, 0.1) is 0 Å². The normalized spacial score (nSPS) is 14.1. The fourth-order valence-corrected chi connectivity index (χ4v) is 0.742. The quantitative estimate of drug-likeness (QED) is 0.446. The molecule has 0 saturated heterocycles. The van der Waals surface area contributed by atoms with Crippen molar-refractivity contribution in [1.29, 1.82) is 0 Å². The lowest BCUT2D eigenvalue weighted by Crippen LogP contribution is -1.69. The Hall–Kier alpha value is -1.11. The van der Waals surface area contributed by atoms with Crippen molar-refractivity contribution in [3.05, 3.63) is 36.0 Å². The van der Waals surface area contributed by atoms with Crippen LogP contribution in [-0.4, -0.2) is 12.8 Å². The minimum Gasteiger partial charge on any atom is -0.293 e. The van der Waals surface area contributed by atoms with Crippen LogP contribution in [0.15, 0.2) is 40.9 Å². The van der Waals surface area contributed by atoms with Gasteiger partial charge < -0.3 is 0 Å². The molecule has 0 bridgehead atoms. The first kappa shape index (κ1) is 10.9. The van der Waals surface area contributed by atoms with Crippen LogP contribution < -0.4 is 0 Å². The van der Waals surface area contributed by atoms with Crippen LogP contribution in [0.2, 0.25) is 0 Å². The molecule has 0 aliphatic heterocycles. The Balaban J connectivity index is 3.86. The largest absolute Gasteiger partial charge is 0.293 e. The van der Waals surface area contributed by atoms with Crippen molar-refractivity contribution < 1.29 is 0 Å². The maximum absolute atomic E-state index is 4.06. The van der Waals surface area contributed by atoms with E-state index in [4.69, 9.17) is 0 Å². The molecule has 0 amide bonds. The molecule has 12 heavy (non-hydrogen) atoms. The smallest absolute Gasteiger partial charge is 0.0360 e. The molecule has 0 aliphatic carbocycles. The summed E-state index contributed by atoms with van der Waals surface area (Å²) < 4.78 is 0. The number of rotatable bonds is 4. The number of aliphatic imine (C=N–C) groups is 1. The first-order valence-corrected chi connectivity index (χ1v) is 4.27. The Bertz CT molecular complexity index is 207. The number of hydrogen-bond acceptors (Lipinski definition) is 1. The summed E-state index contributed by atoms with van der Waals surface area (Å²) in [6.07, 6.45) is 11.9. The lowest BCUT2D eigenvalue weighted by Gasteiger charge is -1.84. The van der Waals surface area contributed by atoms with Gasteiger partial charge in [0.2, 0.25) is 0 Å². The number of nitrogens with zero attached hydrogens (tertiary/aromatic N) is 1. The number of allylic oxidation sites excluding steroid dienone is 6. The summed E-state index contributed by atoms with van der Waals surface area (Å²) >= 11 is 0. The molecule has 66 valence electrons. The lowest BCUT2D eigenvalue weighted by molar-refractivity contribution is 1.14. The summed E-state index contributed by atoms with van der Waals surface area (Å²) in [5.74, 6) is 0. The third-order valence-corrected chi connectivity index (χ3v) is 1.27. The van der Waals surface area contributed by atoms with Crippen molar-refractivity contribution in [3.63, 3.8) is 0 Å². The van der Waals surface area contributed by atoms with E-state index in [9.17, 15) is 0 Å². The Kier molecular flexibility index (Phi) is 7.25. The summed E-state index contributed by atoms with van der Waals surface area (Å²) in [6, 6.07) is 0. The van der Waals surface area contributed by atoms with E-state index in [0.29, 0.717) is 0 Å². The summed E-state index contributed by atoms with van der Waals surface area (Å²) in [4.78, 5) is 4.06. The Morgan fingerprint density at radius 3 is 2.67 bits per heavy atom. The Morgan fingerprint density at radius 1 is 1.33 bits per heavy atom. The van der Waals surface area contributed by atoms with Gasteiger partial charge in [0, 0.05) is 12.8 Å². The molecule has 0 aromatic carbocycles. The zero-order valence-electron chi connectivity index (χ0n) is 8.12. The third kappa shape index (κ3) is 7.00. The maximum atomic E-state index is 4.06. The zero-order chi connectivity index (χ0) is 9.23. The van der Waals surface area contributed by atoms with Gasteiger partial charge in [0.05, 0.1) is 0 Å². The second kappa shape index (κ2) is 7.99. The highest BCUT2D eigenvalue weighted by atomic mass is 14.7. The molecule has 1 heteroatoms. The van der Waals surface area contributed by atoms with Crippen molar-refractivity contribution in [3.8, 4) is 0 Å². The van der Waals surface area contributed by atoms with Crippen molar-refractivity contribution >= 4 is 6.21 Å². The second-order valence-electron chi connectivity index (χ2n) is 2.44. The molecule has 0 unspecified atom stereocenters. The molecule has 0 aliphatic rings. The number of hydrogen-bond donors (Lipinski definition) is 0. The lowest BCUT2D eigenvalue weighted by atomic mass is 10.2. The molecular formula is C11H17N. The van der Waals surface area contributed by atoms with Crippen LogP contribution in [0.3, 0.4) is 0 Å². The second-order valence-corrected chi connectivity index (χ2v) is 2.44. The Labute approximate surface area is 75.2 Å². The summed E-state index contributed by atoms with van der Waals surface area (Å²) in [5.41, 5.74) is 1.25. The van der Waals surface area contributed by atoms with Crippen LogP contribution >= 0.6 is 0 Å². The molecule has 0 radical (unpaired) electrons. The van der Waals surface area contributed by atoms with Crippen LogP contribution in [0.4, 0.5) is 0 Å². The van der Waals surface area contributed by atoms with Gasteiger partial charge in [0.25, 0.3) is 0 Å². The fourth-order valence-electron chi connectivity index (χ4n) is 0.742. The van der Waals surface area contributed by atoms with E-state index < -0.39 is 0 Å². The van der Waals surface area contributed by atoms with E-state index in [2.05, 4.69) is 24.1 Å². The van der Waals surface area contributed by atoms with Crippen molar-refractivity contribution in [1.82, 2.24) is 0 Å². The fraction of sp³-hybridized carbons (Fsp3) is 0.364. The average molecular weight is 163 g/mol. The van der Waals surface area contributed by atoms with Gasteiger partial charge in [-0.2, -0.15) is 0 Å². The van der Waals surface area contributed by atoms with Gasteiger partial charge in [-0.25, -0.2) is 0 Å². The standard InChI is InChI=1S/C11H17N/c1-4-8-11(3)9-6-7-10-12-5-2/h4,6-10H,5H2,1-3H3/b7-6-,8-4-,11-9+,12-10?. The maximum Gasteiger partial charge on any atom is 0.0360 e. The first-order chi connectivity index (χ1) is 5.81. The molecule has 0 heterocycles. The van der Waals surface area contributed by atoms with Gasteiger partial charge in [0.1, 0.15) is 0 Å². The molecule has 0 saturated carbocycles. The van der Waals surface area contributed by atoms with Crippen LogP contribution in [0.25, 0.3) is 0 Å². The summed E-state index contributed by atoms with van der Waals surface area (Å²) in [6.45, 7) is 6.95. The van der Waals surface area contributed by atoms with Gasteiger partial charge in [0.15, 0.2) is 0 Å². The topological polar surface area (TPSA) is 12.4 Å². The molecule has 0 N–H and O–H groups in total. The zero-order valence-corrected chi connectivity index (χ0v) is 8.12. The van der Waals surface area contributed by atoms with E-state index in [1.165, 1.54) is 5.57 Å². The highest BCUT2D eigenvalue weighted by Crippen LogP contribution is 1.93. The van der Waals surface area contributed by atoms with Gasteiger partial charge in [-0.3, -0.25) is 4.99 Å². The predicted octanol–water partition coefficient (Wildman–Crippen LogP) is 3.16. The predicted molar refractivity (Wildman–Crippen MR) is 56.7 cm³/mol. The molecule has 0 atom stereocenters. The van der Waals surface area contributed by atoms with E-state index >= 15 is 0 Å². The molecule has 0 aromatic rings. The minimum atomic E-state index is 0.849. The van der Waals surface area contributed by atoms with Crippen molar-refractivity contribution in [2.45, 2.75) is 20.8 Å². The molecule has 1 nitrogen and oxygen atoms in total. The third-order valence-electron chi connectivity index (χ3n) is 1.27. The van der Waals surface area contributed by atoms with Crippen LogP contribution in [0.5, 0.6) is 0 Å². The minimum absolute atomic E-state index is 0.849. The van der Waals surface area contributed by atoms with Gasteiger partial charge in [-0.15, -0.1) is 0 Å².